The molecule has 156 valence electrons. The van der Waals surface area contributed by atoms with Gasteiger partial charge in [0.25, 0.3) is 0 Å². The summed E-state index contributed by atoms with van der Waals surface area (Å²) in [5.74, 6) is 0.831. The molecule has 1 N–H and O–H groups in total. The number of esters is 1. The minimum atomic E-state index is -0.473. The Kier molecular flexibility index (Phi) is 8.52. The van der Waals surface area contributed by atoms with Crippen LogP contribution in [-0.4, -0.2) is 32.7 Å². The van der Waals surface area contributed by atoms with Crippen molar-refractivity contribution in [2.45, 2.75) is 39.7 Å². The average molecular weight is 399 g/mol. The highest BCUT2D eigenvalue weighted by molar-refractivity contribution is 5.92. The van der Waals surface area contributed by atoms with Gasteiger partial charge in [-0.05, 0) is 61.6 Å². The number of unbranched alkanes of at least 4 members (excludes halogenated alkanes) is 1. The van der Waals surface area contributed by atoms with Gasteiger partial charge in [-0.2, -0.15) is 0 Å². The highest BCUT2D eigenvalue weighted by Gasteiger charge is 2.13. The van der Waals surface area contributed by atoms with Gasteiger partial charge in [-0.25, -0.2) is 4.79 Å². The lowest BCUT2D eigenvalue weighted by atomic mass is 10.1. The highest BCUT2D eigenvalue weighted by Crippen LogP contribution is 2.21. The van der Waals surface area contributed by atoms with Crippen LogP contribution in [0.5, 0.6) is 11.5 Å². The summed E-state index contributed by atoms with van der Waals surface area (Å²) < 4.78 is 15.7. The smallest absolute Gasteiger partial charge is 0.341 e. The predicted molar refractivity (Wildman–Crippen MR) is 111 cm³/mol. The van der Waals surface area contributed by atoms with Gasteiger partial charge in [-0.15, -0.1) is 0 Å². The van der Waals surface area contributed by atoms with E-state index in [1.807, 2.05) is 32.0 Å². The molecule has 0 aliphatic heterocycles. The maximum absolute atomic E-state index is 12.1. The van der Waals surface area contributed by atoms with Crippen LogP contribution in [0.25, 0.3) is 0 Å². The maximum atomic E-state index is 12.1. The molecule has 0 saturated heterocycles. The number of carbonyl (C=O) groups excluding carboxylic acids is 2. The van der Waals surface area contributed by atoms with Gasteiger partial charge in [0.2, 0.25) is 5.91 Å². The normalized spacial score (nSPS) is 10.3. The van der Waals surface area contributed by atoms with Crippen LogP contribution in [-0.2, 0) is 16.1 Å². The number of methoxy groups -OCH3 is 2. The monoisotopic (exact) mass is 399 g/mol. The Balaban J connectivity index is 1.73. The van der Waals surface area contributed by atoms with Crippen LogP contribution in [0.15, 0.2) is 36.4 Å². The molecule has 0 aliphatic carbocycles. The second kappa shape index (κ2) is 11.1. The van der Waals surface area contributed by atoms with E-state index >= 15 is 0 Å². The van der Waals surface area contributed by atoms with Crippen LogP contribution in [0, 0.1) is 13.8 Å². The Labute approximate surface area is 172 Å². The first-order chi connectivity index (χ1) is 13.9. The van der Waals surface area contributed by atoms with Crippen molar-refractivity contribution >= 4 is 11.9 Å². The first kappa shape index (κ1) is 22.3. The van der Waals surface area contributed by atoms with Gasteiger partial charge >= 0.3 is 5.97 Å². The number of hydrogen-bond acceptors (Lipinski definition) is 5. The molecule has 0 heterocycles. The first-order valence-electron chi connectivity index (χ1n) is 9.66. The molecule has 0 spiro atoms. The minimum absolute atomic E-state index is 0.0350. The van der Waals surface area contributed by atoms with Crippen molar-refractivity contribution in [3.63, 3.8) is 0 Å². The first-order valence-corrected chi connectivity index (χ1v) is 9.66. The van der Waals surface area contributed by atoms with Crippen LogP contribution in [0.3, 0.4) is 0 Å². The summed E-state index contributed by atoms with van der Waals surface area (Å²) in [6, 6.07) is 11.3. The van der Waals surface area contributed by atoms with Crippen molar-refractivity contribution in [3.05, 3.63) is 58.7 Å². The molecule has 0 radical (unpaired) electrons. The Hall–Kier alpha value is -3.02. The van der Waals surface area contributed by atoms with Crippen molar-refractivity contribution < 1.29 is 23.8 Å². The molecule has 0 aliphatic rings. The highest BCUT2D eigenvalue weighted by atomic mass is 16.5. The number of benzene rings is 2. The quantitative estimate of drug-likeness (QED) is 0.483. The molecule has 2 rings (SSSR count). The number of aryl methyl sites for hydroxylation is 2. The fraction of sp³-hybridized carbons (Fsp3) is 0.391. The third kappa shape index (κ3) is 6.82. The summed E-state index contributed by atoms with van der Waals surface area (Å²) >= 11 is 0. The fourth-order valence-electron chi connectivity index (χ4n) is 2.86. The van der Waals surface area contributed by atoms with Crippen molar-refractivity contribution in [2.75, 3.05) is 20.8 Å². The molecule has 0 fully saturated rings. The van der Waals surface area contributed by atoms with Crippen molar-refractivity contribution in [1.29, 1.82) is 0 Å². The van der Waals surface area contributed by atoms with Crippen LogP contribution < -0.4 is 14.8 Å². The third-order valence-corrected chi connectivity index (χ3v) is 4.56. The van der Waals surface area contributed by atoms with Crippen LogP contribution >= 0.6 is 0 Å². The Morgan fingerprint density at radius 3 is 2.48 bits per heavy atom. The molecule has 1 amide bonds. The van der Waals surface area contributed by atoms with E-state index in [0.717, 1.165) is 29.7 Å². The van der Waals surface area contributed by atoms with Crippen LogP contribution in [0.4, 0.5) is 0 Å². The van der Waals surface area contributed by atoms with Gasteiger partial charge in [0.15, 0.2) is 0 Å². The molecule has 0 aromatic heterocycles. The summed E-state index contributed by atoms with van der Waals surface area (Å²) in [7, 11) is 2.81. The van der Waals surface area contributed by atoms with Crippen LogP contribution in [0.2, 0.25) is 0 Å². The second-order valence-electron chi connectivity index (χ2n) is 6.88. The number of nitrogens with one attached hydrogen (secondary N) is 1. The van der Waals surface area contributed by atoms with E-state index < -0.39 is 5.97 Å². The average Bonchev–Trinajstić information content (AvgIpc) is 2.73. The zero-order valence-electron chi connectivity index (χ0n) is 17.5. The lowest BCUT2D eigenvalue weighted by Crippen LogP contribution is -2.22. The summed E-state index contributed by atoms with van der Waals surface area (Å²) in [6.07, 6.45) is 1.97. The molecule has 29 heavy (non-hydrogen) atoms. The minimum Gasteiger partial charge on any atom is -0.496 e. The molecule has 6 heteroatoms. The molecule has 0 atom stereocenters. The SMILES string of the molecule is COC(=O)c1cc(CNC(=O)CCCCOc2cc(C)ccc2C)ccc1OC. The molecular formula is C23H29NO5. The number of ether oxygens (including phenoxy) is 3. The Morgan fingerprint density at radius 1 is 0.966 bits per heavy atom. The van der Waals surface area contributed by atoms with Gasteiger partial charge in [0, 0.05) is 13.0 Å². The van der Waals surface area contributed by atoms with E-state index in [0.29, 0.717) is 30.9 Å². The number of amides is 1. The fourth-order valence-corrected chi connectivity index (χ4v) is 2.86. The van der Waals surface area contributed by atoms with E-state index in [1.54, 1.807) is 12.1 Å². The molecule has 0 unspecified atom stereocenters. The largest absolute Gasteiger partial charge is 0.496 e. The van der Waals surface area contributed by atoms with Crippen molar-refractivity contribution in [3.8, 4) is 11.5 Å². The predicted octanol–water partition coefficient (Wildman–Crippen LogP) is 3.96. The maximum Gasteiger partial charge on any atom is 0.341 e. The zero-order valence-corrected chi connectivity index (χ0v) is 17.5. The van der Waals surface area contributed by atoms with Gasteiger partial charge in [0.05, 0.1) is 20.8 Å². The number of carbonyl (C=O) groups is 2. The summed E-state index contributed by atoms with van der Waals surface area (Å²) in [5, 5.41) is 2.87. The van der Waals surface area contributed by atoms with E-state index in [2.05, 4.69) is 11.4 Å². The van der Waals surface area contributed by atoms with Gasteiger partial charge < -0.3 is 19.5 Å². The molecule has 2 aromatic rings. The van der Waals surface area contributed by atoms with Gasteiger partial charge in [-0.3, -0.25) is 4.79 Å². The van der Waals surface area contributed by atoms with E-state index in [9.17, 15) is 9.59 Å². The summed E-state index contributed by atoms with van der Waals surface area (Å²) in [6.45, 7) is 4.98. The molecule has 6 nitrogen and oxygen atoms in total. The standard InChI is InChI=1S/C23H29NO5/c1-16-8-9-17(2)21(13-16)29-12-6-5-7-22(25)24-15-18-10-11-20(27-3)19(14-18)23(26)28-4/h8-11,13-14H,5-7,12,15H2,1-4H3,(H,24,25). The second-order valence-corrected chi connectivity index (χ2v) is 6.88. The molecule has 0 bridgehead atoms. The lowest BCUT2D eigenvalue weighted by Gasteiger charge is -2.11. The van der Waals surface area contributed by atoms with Crippen molar-refractivity contribution in [2.24, 2.45) is 0 Å². The third-order valence-electron chi connectivity index (χ3n) is 4.56. The van der Waals surface area contributed by atoms with Crippen molar-refractivity contribution in [1.82, 2.24) is 5.32 Å². The number of hydrogen-bond donors (Lipinski definition) is 1. The Bertz CT molecular complexity index is 847. The van der Waals surface area contributed by atoms with Crippen LogP contribution in [0.1, 0.15) is 46.3 Å². The number of rotatable bonds is 10. The zero-order chi connectivity index (χ0) is 21.2. The topological polar surface area (TPSA) is 73.9 Å². The Morgan fingerprint density at radius 2 is 1.76 bits per heavy atom. The summed E-state index contributed by atoms with van der Waals surface area (Å²) in [5.41, 5.74) is 3.42. The molecule has 2 aromatic carbocycles. The van der Waals surface area contributed by atoms with Gasteiger partial charge in [-0.1, -0.05) is 18.2 Å². The van der Waals surface area contributed by atoms with E-state index in [4.69, 9.17) is 14.2 Å². The molecule has 0 saturated carbocycles. The molecular weight excluding hydrogens is 370 g/mol. The van der Waals surface area contributed by atoms with E-state index in [1.165, 1.54) is 19.8 Å². The lowest BCUT2D eigenvalue weighted by molar-refractivity contribution is -0.121. The van der Waals surface area contributed by atoms with E-state index in [-0.39, 0.29) is 5.91 Å². The summed E-state index contributed by atoms with van der Waals surface area (Å²) in [4.78, 5) is 23.9. The van der Waals surface area contributed by atoms with Gasteiger partial charge in [0.1, 0.15) is 17.1 Å².